The summed E-state index contributed by atoms with van der Waals surface area (Å²) in [6, 6.07) is 1.99. The largest absolute Gasteiger partial charge is 0.336 e. The third kappa shape index (κ3) is 3.28. The summed E-state index contributed by atoms with van der Waals surface area (Å²) in [5, 5.41) is 2.28. The molecule has 18 heavy (non-hydrogen) atoms. The number of amides is 1. The summed E-state index contributed by atoms with van der Waals surface area (Å²) in [6.45, 7) is 0.533. The van der Waals surface area contributed by atoms with Crippen LogP contribution in [0.4, 0.5) is 0 Å². The van der Waals surface area contributed by atoms with Crippen molar-refractivity contribution in [2.75, 3.05) is 7.05 Å². The summed E-state index contributed by atoms with van der Waals surface area (Å²) in [7, 11) is 1.73. The van der Waals surface area contributed by atoms with Crippen LogP contribution in [0.5, 0.6) is 0 Å². The van der Waals surface area contributed by atoms with E-state index in [1.54, 1.807) is 23.3 Å². The molecule has 2 rings (SSSR count). The van der Waals surface area contributed by atoms with E-state index < -0.39 is 0 Å². The van der Waals surface area contributed by atoms with Crippen molar-refractivity contribution in [3.8, 4) is 0 Å². The predicted molar refractivity (Wildman–Crippen MR) is 74.9 cm³/mol. The summed E-state index contributed by atoms with van der Waals surface area (Å²) in [5.41, 5.74) is 1.36. The molecule has 0 aromatic carbocycles. The average Bonchev–Trinajstić information content (AvgIpc) is 2.75. The zero-order valence-corrected chi connectivity index (χ0v) is 12.6. The lowest BCUT2D eigenvalue weighted by Gasteiger charge is -2.15. The normalized spacial score (nSPS) is 10.4. The van der Waals surface area contributed by atoms with Crippen LogP contribution in [0.15, 0.2) is 27.6 Å². The number of carbonyl (C=O) groups is 1. The van der Waals surface area contributed by atoms with Crippen molar-refractivity contribution in [2.24, 2.45) is 0 Å². The van der Waals surface area contributed by atoms with Gasteiger partial charge in [0.25, 0.3) is 5.91 Å². The molecule has 2 aromatic heterocycles. The molecule has 0 atom stereocenters. The minimum atomic E-state index is -0.179. The number of halogens is 2. The van der Waals surface area contributed by atoms with Gasteiger partial charge in [-0.05, 0) is 32.9 Å². The van der Waals surface area contributed by atoms with Gasteiger partial charge >= 0.3 is 0 Å². The molecule has 94 valence electrons. The number of aromatic nitrogens is 2. The van der Waals surface area contributed by atoms with Crippen LogP contribution < -0.4 is 0 Å². The first-order valence-electron chi connectivity index (χ1n) is 5.02. The lowest BCUT2D eigenvalue weighted by Crippen LogP contribution is -2.26. The number of hydrogen-bond donors (Lipinski definition) is 0. The molecule has 2 aromatic rings. The molecule has 0 spiro atoms. The van der Waals surface area contributed by atoms with Crippen LogP contribution >= 0.6 is 38.9 Å². The van der Waals surface area contributed by atoms with Gasteiger partial charge in [0, 0.05) is 13.6 Å². The Hall–Kier alpha value is -0.980. The van der Waals surface area contributed by atoms with E-state index in [1.807, 2.05) is 11.4 Å². The first-order valence-corrected chi connectivity index (χ1v) is 7.07. The van der Waals surface area contributed by atoms with Gasteiger partial charge in [-0.3, -0.25) is 4.79 Å². The fourth-order valence-corrected chi connectivity index (χ4v) is 2.69. The number of thiophene rings is 1. The summed E-state index contributed by atoms with van der Waals surface area (Å²) in [5.74, 6) is -0.179. The number of carbonyl (C=O) groups excluding carboxylic acids is 1. The van der Waals surface area contributed by atoms with Crippen molar-refractivity contribution in [2.45, 2.75) is 6.54 Å². The molecule has 0 N–H and O–H groups in total. The van der Waals surface area contributed by atoms with E-state index in [2.05, 4.69) is 25.9 Å². The summed E-state index contributed by atoms with van der Waals surface area (Å²) in [4.78, 5) is 21.4. The molecule has 0 bridgehead atoms. The summed E-state index contributed by atoms with van der Waals surface area (Å²) < 4.78 is 1.05. The van der Waals surface area contributed by atoms with Crippen molar-refractivity contribution >= 4 is 44.8 Å². The molecule has 0 aliphatic heterocycles. The van der Waals surface area contributed by atoms with Crippen molar-refractivity contribution in [1.82, 2.24) is 14.9 Å². The topological polar surface area (TPSA) is 46.1 Å². The first-order chi connectivity index (χ1) is 8.56. The highest BCUT2D eigenvalue weighted by atomic mass is 79.9. The summed E-state index contributed by atoms with van der Waals surface area (Å²) in [6.07, 6.45) is 2.74. The van der Waals surface area contributed by atoms with Gasteiger partial charge in [-0.2, -0.15) is 0 Å². The molecule has 4 nitrogen and oxygen atoms in total. The van der Waals surface area contributed by atoms with E-state index in [4.69, 9.17) is 11.6 Å². The fraction of sp³-hybridized carbons (Fsp3) is 0.182. The van der Waals surface area contributed by atoms with Gasteiger partial charge in [0.1, 0.15) is 10.8 Å². The molecule has 0 fully saturated rings. The van der Waals surface area contributed by atoms with Crippen LogP contribution in [-0.4, -0.2) is 27.8 Å². The molecule has 2 heterocycles. The maximum absolute atomic E-state index is 12.0. The number of nitrogens with zero attached hydrogens (tertiary/aromatic N) is 3. The highest BCUT2D eigenvalue weighted by molar-refractivity contribution is 9.11. The van der Waals surface area contributed by atoms with E-state index >= 15 is 0 Å². The van der Waals surface area contributed by atoms with Crippen molar-refractivity contribution in [3.05, 3.63) is 44.0 Å². The van der Waals surface area contributed by atoms with Crippen LogP contribution in [0.25, 0.3) is 0 Å². The Bertz CT molecular complexity index is 558. The third-order valence-electron chi connectivity index (χ3n) is 2.23. The monoisotopic (exact) mass is 345 g/mol. The Morgan fingerprint density at radius 1 is 1.50 bits per heavy atom. The molecule has 0 saturated carbocycles. The lowest BCUT2D eigenvalue weighted by molar-refractivity contribution is 0.0779. The van der Waals surface area contributed by atoms with Crippen molar-refractivity contribution in [3.63, 3.8) is 0 Å². The second-order valence-corrected chi connectivity index (χ2v) is 6.32. The van der Waals surface area contributed by atoms with E-state index in [0.717, 1.165) is 9.35 Å². The Kier molecular flexibility index (Phi) is 4.31. The van der Waals surface area contributed by atoms with Gasteiger partial charge in [0.2, 0.25) is 0 Å². The van der Waals surface area contributed by atoms with Gasteiger partial charge < -0.3 is 4.90 Å². The van der Waals surface area contributed by atoms with Crippen LogP contribution in [0.1, 0.15) is 16.1 Å². The van der Waals surface area contributed by atoms with Gasteiger partial charge in [-0.1, -0.05) is 11.6 Å². The molecular weight excluding hydrogens is 338 g/mol. The van der Waals surface area contributed by atoms with Crippen LogP contribution in [-0.2, 0) is 6.54 Å². The van der Waals surface area contributed by atoms with E-state index in [-0.39, 0.29) is 16.8 Å². The molecule has 0 unspecified atom stereocenters. The van der Waals surface area contributed by atoms with E-state index in [1.165, 1.54) is 12.4 Å². The molecule has 0 aliphatic rings. The zero-order chi connectivity index (χ0) is 13.1. The second-order valence-electron chi connectivity index (χ2n) is 3.64. The first kappa shape index (κ1) is 13.5. The Labute approximate surface area is 122 Å². The standard InChI is InChI=1S/C11H9BrClN3OS/c1-16(5-7-2-9(12)18-6-7)11(17)8-3-15-10(13)4-14-8/h2-4,6H,5H2,1H3. The predicted octanol–water partition coefficient (Wildman–Crippen LogP) is 3.23. The average molecular weight is 347 g/mol. The van der Waals surface area contributed by atoms with Crippen molar-refractivity contribution < 1.29 is 4.79 Å². The van der Waals surface area contributed by atoms with Gasteiger partial charge in [0.05, 0.1) is 16.2 Å². The van der Waals surface area contributed by atoms with Crippen LogP contribution in [0.2, 0.25) is 5.15 Å². The maximum Gasteiger partial charge on any atom is 0.274 e. The number of rotatable bonds is 3. The molecule has 1 amide bonds. The van der Waals surface area contributed by atoms with Gasteiger partial charge in [-0.25, -0.2) is 9.97 Å². The quantitative estimate of drug-likeness (QED) is 0.857. The fourth-order valence-electron chi connectivity index (χ4n) is 1.39. The summed E-state index contributed by atoms with van der Waals surface area (Å²) >= 11 is 10.6. The zero-order valence-electron chi connectivity index (χ0n) is 9.43. The molecule has 0 saturated heterocycles. The van der Waals surface area contributed by atoms with E-state index in [0.29, 0.717) is 6.54 Å². The van der Waals surface area contributed by atoms with Crippen molar-refractivity contribution in [1.29, 1.82) is 0 Å². The molecular formula is C11H9BrClN3OS. The lowest BCUT2D eigenvalue weighted by atomic mass is 10.3. The molecule has 7 heteroatoms. The SMILES string of the molecule is CN(Cc1csc(Br)c1)C(=O)c1cnc(Cl)cn1. The van der Waals surface area contributed by atoms with Crippen LogP contribution in [0, 0.1) is 0 Å². The van der Waals surface area contributed by atoms with Gasteiger partial charge in [-0.15, -0.1) is 11.3 Å². The highest BCUT2D eigenvalue weighted by Crippen LogP contribution is 2.21. The third-order valence-corrected chi connectivity index (χ3v) is 3.98. The Morgan fingerprint density at radius 2 is 2.28 bits per heavy atom. The second kappa shape index (κ2) is 5.77. The van der Waals surface area contributed by atoms with Crippen LogP contribution in [0.3, 0.4) is 0 Å². The minimum Gasteiger partial charge on any atom is -0.336 e. The van der Waals surface area contributed by atoms with E-state index in [9.17, 15) is 4.79 Å². The molecule has 0 aliphatic carbocycles. The smallest absolute Gasteiger partial charge is 0.274 e. The Morgan fingerprint density at radius 3 is 2.83 bits per heavy atom. The Balaban J connectivity index is 2.07. The number of hydrogen-bond acceptors (Lipinski definition) is 4. The maximum atomic E-state index is 12.0. The van der Waals surface area contributed by atoms with Gasteiger partial charge in [0.15, 0.2) is 0 Å². The molecule has 0 radical (unpaired) electrons. The highest BCUT2D eigenvalue weighted by Gasteiger charge is 2.14. The minimum absolute atomic E-state index is 0.179.